The van der Waals surface area contributed by atoms with Gasteiger partial charge in [0.2, 0.25) is 5.91 Å². The number of hydrogen-bond donors (Lipinski definition) is 2. The fraction of sp³-hybridized carbons (Fsp3) is 0.929. The lowest BCUT2D eigenvalue weighted by molar-refractivity contribution is -0.122. The molecule has 0 aromatic carbocycles. The molecule has 2 aliphatic heterocycles. The fourth-order valence-corrected chi connectivity index (χ4v) is 2.83. The zero-order valence-electron chi connectivity index (χ0n) is 11.5. The molecule has 2 atom stereocenters. The minimum atomic E-state index is 0.178. The Hall–Kier alpha value is -0.610. The summed E-state index contributed by atoms with van der Waals surface area (Å²) in [5.74, 6) is 0.178. The van der Waals surface area contributed by atoms with Crippen molar-refractivity contribution in [2.45, 2.75) is 51.6 Å². The van der Waals surface area contributed by atoms with E-state index in [9.17, 15) is 4.79 Å². The number of ether oxygens (including phenoxy) is 1. The van der Waals surface area contributed by atoms with E-state index in [1.165, 1.54) is 12.8 Å². The van der Waals surface area contributed by atoms with Crippen LogP contribution in [-0.4, -0.2) is 38.3 Å². The van der Waals surface area contributed by atoms with E-state index in [0.29, 0.717) is 12.5 Å². The van der Waals surface area contributed by atoms with Crippen LogP contribution >= 0.6 is 0 Å². The topological polar surface area (TPSA) is 50.4 Å². The van der Waals surface area contributed by atoms with Gasteiger partial charge in [-0.3, -0.25) is 4.79 Å². The molecule has 0 aliphatic carbocycles. The van der Waals surface area contributed by atoms with Crippen LogP contribution in [0.4, 0.5) is 0 Å². The Labute approximate surface area is 110 Å². The van der Waals surface area contributed by atoms with E-state index in [1.807, 2.05) is 0 Å². The van der Waals surface area contributed by atoms with Crippen LogP contribution < -0.4 is 10.6 Å². The molecule has 104 valence electrons. The summed E-state index contributed by atoms with van der Waals surface area (Å²) < 4.78 is 5.53. The van der Waals surface area contributed by atoms with Crippen molar-refractivity contribution in [3.63, 3.8) is 0 Å². The van der Waals surface area contributed by atoms with Crippen molar-refractivity contribution in [3.8, 4) is 0 Å². The van der Waals surface area contributed by atoms with Gasteiger partial charge in [0.1, 0.15) is 0 Å². The van der Waals surface area contributed by atoms with Gasteiger partial charge in [0.25, 0.3) is 0 Å². The Morgan fingerprint density at radius 3 is 3.06 bits per heavy atom. The number of carbonyl (C=O) groups is 1. The molecule has 0 aromatic heterocycles. The van der Waals surface area contributed by atoms with E-state index in [2.05, 4.69) is 17.6 Å². The Morgan fingerprint density at radius 2 is 2.39 bits per heavy atom. The number of rotatable bonds is 5. The summed E-state index contributed by atoms with van der Waals surface area (Å²) >= 11 is 0. The zero-order chi connectivity index (χ0) is 12.8. The molecule has 18 heavy (non-hydrogen) atoms. The fourth-order valence-electron chi connectivity index (χ4n) is 2.83. The number of piperidine rings is 1. The van der Waals surface area contributed by atoms with Crippen molar-refractivity contribution in [1.29, 1.82) is 0 Å². The third-order valence-electron chi connectivity index (χ3n) is 4.12. The van der Waals surface area contributed by atoms with Crippen LogP contribution in [0, 0.1) is 5.41 Å². The van der Waals surface area contributed by atoms with Crippen molar-refractivity contribution in [2.24, 2.45) is 5.41 Å². The minimum absolute atomic E-state index is 0.178. The van der Waals surface area contributed by atoms with Crippen LogP contribution in [0.15, 0.2) is 0 Å². The van der Waals surface area contributed by atoms with Crippen molar-refractivity contribution >= 4 is 5.91 Å². The highest BCUT2D eigenvalue weighted by Gasteiger charge is 2.27. The quantitative estimate of drug-likeness (QED) is 0.781. The highest BCUT2D eigenvalue weighted by molar-refractivity contribution is 5.75. The van der Waals surface area contributed by atoms with Crippen molar-refractivity contribution < 1.29 is 9.53 Å². The average molecular weight is 254 g/mol. The molecule has 0 radical (unpaired) electrons. The maximum Gasteiger partial charge on any atom is 0.220 e. The summed E-state index contributed by atoms with van der Waals surface area (Å²) in [4.78, 5) is 11.8. The van der Waals surface area contributed by atoms with E-state index in [1.54, 1.807) is 0 Å². The summed E-state index contributed by atoms with van der Waals surface area (Å²) in [6.45, 7) is 6.04. The molecule has 2 aliphatic rings. The van der Waals surface area contributed by atoms with Gasteiger partial charge in [-0.05, 0) is 44.1 Å². The van der Waals surface area contributed by atoms with Crippen molar-refractivity contribution in [2.75, 3.05) is 26.2 Å². The van der Waals surface area contributed by atoms with E-state index in [4.69, 9.17) is 4.74 Å². The molecule has 2 rings (SSSR count). The lowest BCUT2D eigenvalue weighted by Gasteiger charge is -2.34. The molecule has 2 saturated heterocycles. The van der Waals surface area contributed by atoms with Crippen molar-refractivity contribution in [3.05, 3.63) is 0 Å². The largest absolute Gasteiger partial charge is 0.378 e. The number of amides is 1. The molecule has 2 N–H and O–H groups in total. The van der Waals surface area contributed by atoms with Gasteiger partial charge in [-0.2, -0.15) is 0 Å². The van der Waals surface area contributed by atoms with Gasteiger partial charge in [0, 0.05) is 26.1 Å². The summed E-state index contributed by atoms with van der Waals surface area (Å²) in [7, 11) is 0. The maximum absolute atomic E-state index is 11.8. The molecule has 1 amide bonds. The Balaban J connectivity index is 1.61. The number of nitrogens with one attached hydrogen (secondary N) is 2. The first kappa shape index (κ1) is 13.8. The molecule has 0 saturated carbocycles. The second-order valence-electron chi connectivity index (χ2n) is 6.04. The highest BCUT2D eigenvalue weighted by Crippen LogP contribution is 2.24. The molecule has 2 heterocycles. The lowest BCUT2D eigenvalue weighted by atomic mass is 9.83. The van der Waals surface area contributed by atoms with E-state index in [0.717, 1.165) is 45.5 Å². The Kier molecular flexibility index (Phi) is 5.01. The smallest absolute Gasteiger partial charge is 0.220 e. The van der Waals surface area contributed by atoms with Crippen LogP contribution in [0.25, 0.3) is 0 Å². The predicted molar refractivity (Wildman–Crippen MR) is 71.4 cm³/mol. The second kappa shape index (κ2) is 6.53. The standard InChI is InChI=1S/C14H26N2O2/c1-14(7-3-8-15-10-14)11-16-13(17)6-5-12-4-2-9-18-12/h12,15H,2-11H2,1H3,(H,16,17). The molecule has 2 unspecified atom stereocenters. The van der Waals surface area contributed by atoms with Crippen LogP contribution in [-0.2, 0) is 9.53 Å². The number of hydrogen-bond acceptors (Lipinski definition) is 3. The lowest BCUT2D eigenvalue weighted by Crippen LogP contribution is -2.45. The summed E-state index contributed by atoms with van der Waals surface area (Å²) in [5, 5.41) is 6.49. The van der Waals surface area contributed by atoms with Gasteiger partial charge in [0.05, 0.1) is 6.10 Å². The van der Waals surface area contributed by atoms with Gasteiger partial charge in [-0.15, -0.1) is 0 Å². The van der Waals surface area contributed by atoms with E-state index < -0.39 is 0 Å². The van der Waals surface area contributed by atoms with Gasteiger partial charge in [0.15, 0.2) is 0 Å². The first-order valence-electron chi connectivity index (χ1n) is 7.27. The summed E-state index contributed by atoms with van der Waals surface area (Å²) in [6.07, 6.45) is 6.48. The maximum atomic E-state index is 11.8. The third-order valence-corrected chi connectivity index (χ3v) is 4.12. The van der Waals surface area contributed by atoms with Crippen LogP contribution in [0.2, 0.25) is 0 Å². The van der Waals surface area contributed by atoms with Gasteiger partial charge in [-0.1, -0.05) is 6.92 Å². The van der Waals surface area contributed by atoms with E-state index >= 15 is 0 Å². The third kappa shape index (κ3) is 4.25. The molecular weight excluding hydrogens is 228 g/mol. The van der Waals surface area contributed by atoms with Crippen LogP contribution in [0.3, 0.4) is 0 Å². The SMILES string of the molecule is CC1(CNC(=O)CCC2CCCO2)CCCNC1. The molecular formula is C14H26N2O2. The molecule has 2 fully saturated rings. The predicted octanol–water partition coefficient (Wildman–Crippen LogP) is 1.45. The Morgan fingerprint density at radius 1 is 1.50 bits per heavy atom. The van der Waals surface area contributed by atoms with Gasteiger partial charge >= 0.3 is 0 Å². The molecule has 0 spiro atoms. The van der Waals surface area contributed by atoms with Gasteiger partial charge in [-0.25, -0.2) is 0 Å². The molecule has 4 heteroatoms. The van der Waals surface area contributed by atoms with Crippen molar-refractivity contribution in [1.82, 2.24) is 10.6 Å². The molecule has 0 aromatic rings. The van der Waals surface area contributed by atoms with Gasteiger partial charge < -0.3 is 15.4 Å². The Bertz CT molecular complexity index is 269. The summed E-state index contributed by atoms with van der Waals surface area (Å²) in [6, 6.07) is 0. The number of carbonyl (C=O) groups excluding carboxylic acids is 1. The van der Waals surface area contributed by atoms with Crippen LogP contribution in [0.5, 0.6) is 0 Å². The molecule has 0 bridgehead atoms. The second-order valence-corrected chi connectivity index (χ2v) is 6.04. The summed E-state index contributed by atoms with van der Waals surface area (Å²) in [5.41, 5.74) is 0.234. The molecule has 4 nitrogen and oxygen atoms in total. The normalized spacial score (nSPS) is 32.4. The minimum Gasteiger partial charge on any atom is -0.378 e. The first-order valence-corrected chi connectivity index (χ1v) is 7.27. The van der Waals surface area contributed by atoms with E-state index in [-0.39, 0.29) is 11.3 Å². The monoisotopic (exact) mass is 254 g/mol. The average Bonchev–Trinajstić information content (AvgIpc) is 2.88. The zero-order valence-corrected chi connectivity index (χ0v) is 11.5. The first-order chi connectivity index (χ1) is 8.68. The highest BCUT2D eigenvalue weighted by atomic mass is 16.5. The van der Waals surface area contributed by atoms with Crippen LogP contribution in [0.1, 0.15) is 45.4 Å².